The Hall–Kier alpha value is -2.44. The van der Waals surface area contributed by atoms with E-state index in [1.807, 2.05) is 35.1 Å². The van der Waals surface area contributed by atoms with Gasteiger partial charge in [0.05, 0.1) is 18.3 Å². The molecule has 2 aromatic carbocycles. The predicted molar refractivity (Wildman–Crippen MR) is 100.0 cm³/mol. The molecule has 136 valence electrons. The Balaban J connectivity index is 1.30. The van der Waals surface area contributed by atoms with Gasteiger partial charge in [0.25, 0.3) is 0 Å². The third-order valence-corrected chi connectivity index (χ3v) is 4.86. The Morgan fingerprint density at radius 2 is 1.88 bits per heavy atom. The van der Waals surface area contributed by atoms with Crippen molar-refractivity contribution < 1.29 is 9.84 Å². The molecule has 0 radical (unpaired) electrons. The van der Waals surface area contributed by atoms with Gasteiger partial charge in [-0.15, -0.1) is 5.10 Å². The molecule has 6 heteroatoms. The topological polar surface area (TPSA) is 63.4 Å². The van der Waals surface area contributed by atoms with Gasteiger partial charge in [0.2, 0.25) is 0 Å². The van der Waals surface area contributed by atoms with Gasteiger partial charge < -0.3 is 9.84 Å². The van der Waals surface area contributed by atoms with Gasteiger partial charge in [0.15, 0.2) is 0 Å². The molecule has 0 aliphatic carbocycles. The molecular weight excluding hydrogens is 328 g/mol. The maximum atomic E-state index is 9.58. The van der Waals surface area contributed by atoms with Crippen molar-refractivity contribution in [2.45, 2.75) is 32.0 Å². The van der Waals surface area contributed by atoms with Crippen molar-refractivity contribution in [3.63, 3.8) is 0 Å². The highest BCUT2D eigenvalue weighted by molar-refractivity contribution is 5.88. The SMILES string of the molecule is OC1CCN(Cc2cn(CCOc3cccc4ccccc34)nn2)CC1. The van der Waals surface area contributed by atoms with E-state index in [1.165, 1.54) is 5.39 Å². The van der Waals surface area contributed by atoms with Gasteiger partial charge >= 0.3 is 0 Å². The minimum Gasteiger partial charge on any atom is -0.491 e. The number of aromatic nitrogens is 3. The second-order valence-electron chi connectivity index (χ2n) is 6.81. The maximum Gasteiger partial charge on any atom is 0.127 e. The zero-order valence-electron chi connectivity index (χ0n) is 14.8. The van der Waals surface area contributed by atoms with E-state index in [-0.39, 0.29) is 6.10 Å². The molecule has 0 saturated carbocycles. The molecule has 26 heavy (non-hydrogen) atoms. The van der Waals surface area contributed by atoms with Gasteiger partial charge in [-0.1, -0.05) is 41.6 Å². The minimum atomic E-state index is -0.145. The van der Waals surface area contributed by atoms with E-state index in [4.69, 9.17) is 4.74 Å². The third-order valence-electron chi connectivity index (χ3n) is 4.86. The van der Waals surface area contributed by atoms with Crippen molar-refractivity contribution in [3.05, 3.63) is 54.4 Å². The Morgan fingerprint density at radius 3 is 2.77 bits per heavy atom. The van der Waals surface area contributed by atoms with Gasteiger partial charge in [-0.05, 0) is 24.3 Å². The number of fused-ring (bicyclic) bond motifs is 1. The number of hydrogen-bond acceptors (Lipinski definition) is 5. The number of ether oxygens (including phenoxy) is 1. The Labute approximate surface area is 153 Å². The van der Waals surface area contributed by atoms with Crippen LogP contribution in [0.15, 0.2) is 48.7 Å². The van der Waals surface area contributed by atoms with E-state index < -0.39 is 0 Å². The smallest absolute Gasteiger partial charge is 0.127 e. The van der Waals surface area contributed by atoms with E-state index in [0.29, 0.717) is 13.2 Å². The maximum absolute atomic E-state index is 9.58. The lowest BCUT2D eigenvalue weighted by Crippen LogP contribution is -2.35. The first-order valence-corrected chi connectivity index (χ1v) is 9.18. The number of piperidine rings is 1. The minimum absolute atomic E-state index is 0.145. The summed E-state index contributed by atoms with van der Waals surface area (Å²) in [7, 11) is 0. The molecule has 0 unspecified atom stereocenters. The van der Waals surface area contributed by atoms with Crippen LogP contribution >= 0.6 is 0 Å². The second-order valence-corrected chi connectivity index (χ2v) is 6.81. The fraction of sp³-hybridized carbons (Fsp3) is 0.400. The lowest BCUT2D eigenvalue weighted by molar-refractivity contribution is 0.0786. The van der Waals surface area contributed by atoms with Crippen LogP contribution in [-0.4, -0.2) is 50.8 Å². The van der Waals surface area contributed by atoms with E-state index in [0.717, 1.165) is 49.3 Å². The van der Waals surface area contributed by atoms with Crippen LogP contribution in [0.25, 0.3) is 10.8 Å². The molecule has 1 N–H and O–H groups in total. The summed E-state index contributed by atoms with van der Waals surface area (Å²) in [6.45, 7) is 3.83. The molecule has 1 aliphatic rings. The molecule has 6 nitrogen and oxygen atoms in total. The summed E-state index contributed by atoms with van der Waals surface area (Å²) in [6.07, 6.45) is 3.52. The average molecular weight is 352 g/mol. The van der Waals surface area contributed by atoms with Crippen LogP contribution < -0.4 is 4.74 Å². The molecule has 3 aromatic rings. The van der Waals surface area contributed by atoms with E-state index in [2.05, 4.69) is 33.4 Å². The number of aliphatic hydroxyl groups excluding tert-OH is 1. The van der Waals surface area contributed by atoms with Gasteiger partial charge in [0.1, 0.15) is 12.4 Å². The molecule has 1 fully saturated rings. The number of hydrogen-bond donors (Lipinski definition) is 1. The molecule has 0 atom stereocenters. The second kappa shape index (κ2) is 7.85. The molecule has 0 bridgehead atoms. The summed E-state index contributed by atoms with van der Waals surface area (Å²) in [4.78, 5) is 2.31. The summed E-state index contributed by atoms with van der Waals surface area (Å²) in [6, 6.07) is 14.3. The average Bonchev–Trinajstić information content (AvgIpc) is 3.11. The van der Waals surface area contributed by atoms with Gasteiger partial charge in [-0.2, -0.15) is 0 Å². The Morgan fingerprint density at radius 1 is 1.08 bits per heavy atom. The first-order chi connectivity index (χ1) is 12.8. The van der Waals surface area contributed by atoms with Crippen molar-refractivity contribution in [3.8, 4) is 5.75 Å². The van der Waals surface area contributed by atoms with Crippen LogP contribution in [0.1, 0.15) is 18.5 Å². The predicted octanol–water partition coefficient (Wildman–Crippen LogP) is 2.47. The third kappa shape index (κ3) is 4.03. The molecule has 4 rings (SSSR count). The summed E-state index contributed by atoms with van der Waals surface area (Å²) >= 11 is 0. The van der Waals surface area contributed by atoms with E-state index >= 15 is 0 Å². The molecule has 0 spiro atoms. The van der Waals surface area contributed by atoms with Gasteiger partial charge in [-0.3, -0.25) is 4.90 Å². The number of likely N-dealkylation sites (tertiary alicyclic amines) is 1. The largest absolute Gasteiger partial charge is 0.491 e. The van der Waals surface area contributed by atoms with Crippen molar-refractivity contribution in [1.29, 1.82) is 0 Å². The zero-order chi connectivity index (χ0) is 17.8. The van der Waals surface area contributed by atoms with E-state index in [9.17, 15) is 5.11 Å². The number of aliphatic hydroxyl groups is 1. The molecule has 1 aromatic heterocycles. The quantitative estimate of drug-likeness (QED) is 0.738. The van der Waals surface area contributed by atoms with Crippen LogP contribution in [0.5, 0.6) is 5.75 Å². The lowest BCUT2D eigenvalue weighted by Gasteiger charge is -2.28. The highest BCUT2D eigenvalue weighted by Gasteiger charge is 2.17. The molecule has 0 amide bonds. The first-order valence-electron chi connectivity index (χ1n) is 9.18. The van der Waals surface area contributed by atoms with Crippen molar-refractivity contribution in [2.24, 2.45) is 0 Å². The normalized spacial score (nSPS) is 16.2. The van der Waals surface area contributed by atoms with Crippen molar-refractivity contribution >= 4 is 10.8 Å². The fourth-order valence-corrected chi connectivity index (χ4v) is 3.40. The highest BCUT2D eigenvalue weighted by atomic mass is 16.5. The van der Waals surface area contributed by atoms with Crippen LogP contribution in [0.3, 0.4) is 0 Å². The Bertz CT molecular complexity index is 850. The first kappa shape index (κ1) is 17.0. The lowest BCUT2D eigenvalue weighted by atomic mass is 10.1. The molecule has 1 aliphatic heterocycles. The van der Waals surface area contributed by atoms with Crippen LogP contribution in [-0.2, 0) is 13.1 Å². The summed E-state index contributed by atoms with van der Waals surface area (Å²) in [5.74, 6) is 0.898. The summed E-state index contributed by atoms with van der Waals surface area (Å²) < 4.78 is 7.80. The van der Waals surface area contributed by atoms with Crippen LogP contribution in [0.4, 0.5) is 0 Å². The highest BCUT2D eigenvalue weighted by Crippen LogP contribution is 2.25. The number of benzene rings is 2. The van der Waals surface area contributed by atoms with Crippen LogP contribution in [0, 0.1) is 0 Å². The monoisotopic (exact) mass is 352 g/mol. The molecular formula is C20H24N4O2. The fourth-order valence-electron chi connectivity index (χ4n) is 3.40. The van der Waals surface area contributed by atoms with Crippen molar-refractivity contribution in [2.75, 3.05) is 19.7 Å². The summed E-state index contributed by atoms with van der Waals surface area (Å²) in [5.41, 5.74) is 0.964. The van der Waals surface area contributed by atoms with Crippen molar-refractivity contribution in [1.82, 2.24) is 19.9 Å². The number of rotatable bonds is 6. The van der Waals surface area contributed by atoms with E-state index in [1.54, 1.807) is 0 Å². The van der Waals surface area contributed by atoms with Gasteiger partial charge in [-0.25, -0.2) is 4.68 Å². The Kier molecular flexibility index (Phi) is 5.13. The molecule has 2 heterocycles. The standard InChI is InChI=1S/C20H24N4O2/c25-18-8-10-23(11-9-18)14-17-15-24(22-21-17)12-13-26-20-7-3-5-16-4-1-2-6-19(16)20/h1-7,15,18,25H,8-14H2. The zero-order valence-corrected chi connectivity index (χ0v) is 14.8. The van der Waals surface area contributed by atoms with Gasteiger partial charge in [0, 0.05) is 31.2 Å². The molecule has 1 saturated heterocycles. The van der Waals surface area contributed by atoms with Crippen LogP contribution in [0.2, 0.25) is 0 Å². The number of nitrogens with zero attached hydrogens (tertiary/aromatic N) is 4. The summed E-state index contributed by atoms with van der Waals surface area (Å²) in [5, 5.41) is 20.3.